The molecule has 1 aliphatic rings. The van der Waals surface area contributed by atoms with Gasteiger partial charge in [0, 0.05) is 6.42 Å². The molecule has 1 fully saturated rings. The summed E-state index contributed by atoms with van der Waals surface area (Å²) in [5.74, 6) is -1.26. The summed E-state index contributed by atoms with van der Waals surface area (Å²) in [6.45, 7) is 5.78. The zero-order chi connectivity index (χ0) is 58.9. The summed E-state index contributed by atoms with van der Waals surface area (Å²) in [6.07, 6.45) is 61.8. The van der Waals surface area contributed by atoms with Gasteiger partial charge in [-0.2, -0.15) is 0 Å². The molecule has 1 heterocycles. The van der Waals surface area contributed by atoms with E-state index in [-0.39, 0.29) is 19.4 Å². The lowest BCUT2D eigenvalue weighted by molar-refractivity contribution is -0.305. The zero-order valence-electron chi connectivity index (χ0n) is 52.7. The van der Waals surface area contributed by atoms with E-state index in [4.69, 9.17) is 14.2 Å². The van der Waals surface area contributed by atoms with Crippen LogP contribution in [0.15, 0.2) is 48.6 Å². The van der Waals surface area contributed by atoms with Crippen LogP contribution in [0.1, 0.15) is 323 Å². The van der Waals surface area contributed by atoms with Crippen molar-refractivity contribution in [2.45, 2.75) is 372 Å². The van der Waals surface area contributed by atoms with Crippen LogP contribution in [0.3, 0.4) is 0 Å². The lowest BCUT2D eigenvalue weighted by Gasteiger charge is -2.41. The Morgan fingerprint density at radius 3 is 1.27 bits per heavy atom. The molecule has 8 unspecified atom stereocenters. The summed E-state index contributed by atoms with van der Waals surface area (Å²) in [5.41, 5.74) is 0. The number of nitrogens with one attached hydrogen (secondary N) is 1. The number of rotatable bonds is 59. The van der Waals surface area contributed by atoms with Crippen molar-refractivity contribution < 1.29 is 49.3 Å². The SMILES string of the molecule is CCCCCCCC/C=C\C/C=C/CCC(=O)OC1C(OCC(NC(=O)C(O)CCCCCCCCCCCCCCCCCC/C=C/CCCCCCCC)C(O)/C=C/CCCCCCCCCCCCC)OC(CO)C(O)C1O. The van der Waals surface area contributed by atoms with Gasteiger partial charge in [0.15, 0.2) is 12.4 Å². The smallest absolute Gasteiger partial charge is 0.306 e. The molecule has 0 saturated carbocycles. The van der Waals surface area contributed by atoms with Crippen LogP contribution >= 0.6 is 0 Å². The second-order valence-electron chi connectivity index (χ2n) is 23.9. The summed E-state index contributed by atoms with van der Waals surface area (Å²) in [4.78, 5) is 26.5. The lowest BCUT2D eigenvalue weighted by atomic mass is 9.99. The molecule has 0 aliphatic carbocycles. The summed E-state index contributed by atoms with van der Waals surface area (Å²) in [5, 5.41) is 57.1. The maximum absolute atomic E-state index is 13.5. The van der Waals surface area contributed by atoms with Gasteiger partial charge < -0.3 is 45.1 Å². The van der Waals surface area contributed by atoms with E-state index in [1.807, 2.05) is 18.2 Å². The van der Waals surface area contributed by atoms with Gasteiger partial charge in [-0.3, -0.25) is 9.59 Å². The highest BCUT2D eigenvalue weighted by molar-refractivity contribution is 5.80. The van der Waals surface area contributed by atoms with Crippen molar-refractivity contribution in [1.29, 1.82) is 0 Å². The Morgan fingerprint density at radius 1 is 0.481 bits per heavy atom. The van der Waals surface area contributed by atoms with Crippen molar-refractivity contribution >= 4 is 11.9 Å². The van der Waals surface area contributed by atoms with Crippen molar-refractivity contribution in [2.24, 2.45) is 0 Å². The van der Waals surface area contributed by atoms with Gasteiger partial charge in [-0.25, -0.2) is 0 Å². The lowest BCUT2D eigenvalue weighted by Crippen LogP contribution is -2.61. The molecule has 6 N–H and O–H groups in total. The van der Waals surface area contributed by atoms with Crippen molar-refractivity contribution in [1.82, 2.24) is 5.32 Å². The Hall–Kier alpha value is -2.38. The van der Waals surface area contributed by atoms with Crippen LogP contribution in [0.2, 0.25) is 0 Å². The highest BCUT2D eigenvalue weighted by Crippen LogP contribution is 2.26. The predicted octanol–water partition coefficient (Wildman–Crippen LogP) is 17.2. The van der Waals surface area contributed by atoms with Crippen molar-refractivity contribution in [3.63, 3.8) is 0 Å². The molecule has 474 valence electrons. The Kier molecular flexibility index (Phi) is 54.9. The molecule has 1 rings (SSSR count). The number of amides is 1. The molecule has 1 amide bonds. The first-order valence-electron chi connectivity index (χ1n) is 34.4. The molecule has 11 heteroatoms. The van der Waals surface area contributed by atoms with Gasteiger partial charge in [-0.15, -0.1) is 0 Å². The van der Waals surface area contributed by atoms with Crippen molar-refractivity contribution in [2.75, 3.05) is 13.2 Å². The van der Waals surface area contributed by atoms with E-state index >= 15 is 0 Å². The minimum absolute atomic E-state index is 0.0191. The molecular formula is C70H129NO10. The molecule has 1 saturated heterocycles. The van der Waals surface area contributed by atoms with Gasteiger partial charge in [0.25, 0.3) is 0 Å². The van der Waals surface area contributed by atoms with Crippen molar-refractivity contribution in [3.05, 3.63) is 48.6 Å². The number of hydrogen-bond acceptors (Lipinski definition) is 10. The highest BCUT2D eigenvalue weighted by atomic mass is 16.7. The molecular weight excluding hydrogens is 1010 g/mol. The van der Waals surface area contributed by atoms with Crippen LogP contribution in [-0.2, 0) is 23.8 Å². The van der Waals surface area contributed by atoms with E-state index < -0.39 is 67.4 Å². The van der Waals surface area contributed by atoms with Crippen LogP contribution in [0.25, 0.3) is 0 Å². The standard InChI is InChI=1S/C70H129NO10/c1-4-7-10-13-16-19-22-25-26-27-28-29-30-31-32-33-34-35-36-37-40-42-45-48-51-54-57-63(74)69(78)71-61(62(73)56-53-50-47-44-41-38-23-20-17-14-11-8-5-2)60-79-70-68(67(77)66(76)64(59-72)80-70)81-65(75)58-55-52-49-46-43-39-24-21-18-15-12-9-6-3/h25-26,39,43,49,52-53,56,61-64,66-68,70,72-74,76-77H,4-24,27-38,40-42,44-48,50-51,54-55,57-60H2,1-3H3,(H,71,78)/b26-25+,43-39-,52-49+,56-53+. The Morgan fingerprint density at radius 2 is 0.852 bits per heavy atom. The predicted molar refractivity (Wildman–Crippen MR) is 338 cm³/mol. The summed E-state index contributed by atoms with van der Waals surface area (Å²) >= 11 is 0. The second kappa shape index (κ2) is 58.0. The normalized spacial score (nSPS) is 18.9. The average molecular weight is 1140 g/mol. The third-order valence-corrected chi connectivity index (χ3v) is 16.2. The second-order valence-corrected chi connectivity index (χ2v) is 23.9. The molecule has 81 heavy (non-hydrogen) atoms. The fourth-order valence-electron chi connectivity index (χ4n) is 10.8. The monoisotopic (exact) mass is 1140 g/mol. The van der Waals surface area contributed by atoms with Gasteiger partial charge in [0.1, 0.15) is 24.4 Å². The fraction of sp³-hybridized carbons (Fsp3) is 0.857. The Balaban J connectivity index is 2.58. The molecule has 0 radical (unpaired) electrons. The molecule has 0 aromatic rings. The molecule has 0 aromatic heterocycles. The number of esters is 1. The minimum atomic E-state index is -1.63. The Labute approximate surface area is 497 Å². The van der Waals surface area contributed by atoms with Crippen LogP contribution in [0.5, 0.6) is 0 Å². The number of ether oxygens (including phenoxy) is 3. The maximum Gasteiger partial charge on any atom is 0.306 e. The topological polar surface area (TPSA) is 175 Å². The quantitative estimate of drug-likeness (QED) is 0.0195. The van der Waals surface area contributed by atoms with E-state index in [1.165, 1.54) is 225 Å². The molecule has 1 aliphatic heterocycles. The van der Waals surface area contributed by atoms with E-state index in [9.17, 15) is 35.1 Å². The van der Waals surface area contributed by atoms with Gasteiger partial charge in [-0.05, 0) is 70.6 Å². The number of unbranched alkanes of at least 4 members (excludes halogenated alkanes) is 39. The number of carbonyl (C=O) groups excluding carboxylic acids is 2. The van der Waals surface area contributed by atoms with Crippen molar-refractivity contribution in [3.8, 4) is 0 Å². The van der Waals surface area contributed by atoms with E-state index in [1.54, 1.807) is 6.08 Å². The molecule has 0 bridgehead atoms. The average Bonchev–Trinajstić information content (AvgIpc) is 3.50. The van der Waals surface area contributed by atoms with Gasteiger partial charge in [0.05, 0.1) is 25.4 Å². The van der Waals surface area contributed by atoms with Crippen LogP contribution < -0.4 is 5.32 Å². The Bertz CT molecular complexity index is 1500. The largest absolute Gasteiger partial charge is 0.454 e. The number of hydrogen-bond donors (Lipinski definition) is 6. The first kappa shape index (κ1) is 76.6. The number of aliphatic hydroxyl groups excluding tert-OH is 5. The molecule has 0 aromatic carbocycles. The van der Waals surface area contributed by atoms with Gasteiger partial charge in [-0.1, -0.05) is 294 Å². The molecule has 0 spiro atoms. The van der Waals surface area contributed by atoms with Gasteiger partial charge >= 0.3 is 5.97 Å². The highest BCUT2D eigenvalue weighted by Gasteiger charge is 2.47. The van der Waals surface area contributed by atoms with E-state index in [0.717, 1.165) is 51.4 Å². The molecule has 11 nitrogen and oxygen atoms in total. The third kappa shape index (κ3) is 45.6. The summed E-state index contributed by atoms with van der Waals surface area (Å²) < 4.78 is 17.6. The number of allylic oxidation sites excluding steroid dienone is 7. The van der Waals surface area contributed by atoms with E-state index in [2.05, 4.69) is 50.4 Å². The maximum atomic E-state index is 13.5. The zero-order valence-corrected chi connectivity index (χ0v) is 52.7. The van der Waals surface area contributed by atoms with Gasteiger partial charge in [0.2, 0.25) is 5.91 Å². The fourth-order valence-corrected chi connectivity index (χ4v) is 10.8. The van der Waals surface area contributed by atoms with Crippen LogP contribution in [0.4, 0.5) is 0 Å². The number of carbonyl (C=O) groups is 2. The first-order valence-corrected chi connectivity index (χ1v) is 34.4. The van der Waals surface area contributed by atoms with Crippen LogP contribution in [-0.4, -0.2) is 99.6 Å². The first-order chi connectivity index (χ1) is 39.7. The number of aliphatic hydroxyl groups is 5. The third-order valence-electron chi connectivity index (χ3n) is 16.2. The van der Waals surface area contributed by atoms with E-state index in [0.29, 0.717) is 12.8 Å². The summed E-state index contributed by atoms with van der Waals surface area (Å²) in [6, 6.07) is -1.03. The minimum Gasteiger partial charge on any atom is -0.454 e. The van der Waals surface area contributed by atoms with Crippen LogP contribution in [0, 0.1) is 0 Å². The summed E-state index contributed by atoms with van der Waals surface area (Å²) in [7, 11) is 0. The molecule has 8 atom stereocenters.